The number of amides is 11. The summed E-state index contributed by atoms with van der Waals surface area (Å²) in [6.07, 6.45) is 3.39. The van der Waals surface area contributed by atoms with Gasteiger partial charge in [0.2, 0.25) is 65.0 Å². The van der Waals surface area contributed by atoms with Crippen molar-refractivity contribution in [2.45, 2.75) is 249 Å². The van der Waals surface area contributed by atoms with Crippen LogP contribution in [0.3, 0.4) is 0 Å². The minimum absolute atomic E-state index is 0.0112. The van der Waals surface area contributed by atoms with Crippen molar-refractivity contribution in [2.24, 2.45) is 41.4 Å². The van der Waals surface area contributed by atoms with Gasteiger partial charge in [-0.15, -0.1) is 0 Å². The molecule has 1 heterocycles. The Morgan fingerprint density at radius 2 is 0.880 bits per heavy atom. The van der Waals surface area contributed by atoms with Crippen molar-refractivity contribution < 1.29 is 57.8 Å². The fraction of sp³-hybridized carbons (Fsp3) is 0.809. The standard InChI is InChI=1S/C68H124N12O12/c1-27-32-33-45(17)57(81)56-61(85)71-48(29-3)63(87)73(20)49(34-35-80(30-4)31-5)64(88)78(25)55(44(16)28-2)60(84)72-53(42(12)13)67(91)74(21)50(36-39(6)7)59(83)69-46(18)58(82)70-47(19)62(86)75(22)51(37-40(8)9)65(89)76(23)52(38-41(10)11)66(90)77(24)54(43(14)15)68(92)79(56)26/h27,32,39-57,81H,28-31,33-38H2,1-26H3,(H,69,83)(H,70,82)(H,71,85)(H,72,84)/t44?,45-,46+,47-,48+,49-,50+,51+,52+,53+,54+,55+,56+,57-/m1/s1. The number of aliphatic hydroxyl groups excluding tert-OH is 1. The highest BCUT2D eigenvalue weighted by Crippen LogP contribution is 2.27. The van der Waals surface area contributed by atoms with E-state index in [9.17, 15) is 29.1 Å². The molecule has 1 unspecified atom stereocenters. The molecule has 1 rings (SSSR count). The molecule has 0 aromatic carbocycles. The van der Waals surface area contributed by atoms with E-state index in [4.69, 9.17) is 0 Å². The zero-order chi connectivity index (χ0) is 71.3. The summed E-state index contributed by atoms with van der Waals surface area (Å²) >= 11 is 0. The van der Waals surface area contributed by atoms with Gasteiger partial charge < -0.3 is 65.6 Å². The lowest BCUT2D eigenvalue weighted by Crippen LogP contribution is -2.64. The van der Waals surface area contributed by atoms with Crippen molar-refractivity contribution in [1.29, 1.82) is 0 Å². The molecule has 1 aliphatic heterocycles. The van der Waals surface area contributed by atoms with Crippen LogP contribution in [0, 0.1) is 41.4 Å². The summed E-state index contributed by atoms with van der Waals surface area (Å²) in [7, 11) is 10.1. The van der Waals surface area contributed by atoms with E-state index in [2.05, 4.69) is 26.2 Å². The summed E-state index contributed by atoms with van der Waals surface area (Å²) in [4.78, 5) is 175. The van der Waals surface area contributed by atoms with Crippen LogP contribution in [0.4, 0.5) is 0 Å². The maximum Gasteiger partial charge on any atom is 0.246 e. The van der Waals surface area contributed by atoms with Gasteiger partial charge in [-0.25, -0.2) is 0 Å². The van der Waals surface area contributed by atoms with Crippen molar-refractivity contribution in [3.8, 4) is 0 Å². The molecule has 5 N–H and O–H groups in total. The van der Waals surface area contributed by atoms with Gasteiger partial charge in [-0.05, 0) is 114 Å². The third kappa shape index (κ3) is 22.8. The maximum atomic E-state index is 15.4. The second-order valence-electron chi connectivity index (χ2n) is 27.8. The molecule has 92 heavy (non-hydrogen) atoms. The average molecular weight is 1300 g/mol. The van der Waals surface area contributed by atoms with E-state index >= 15 is 28.8 Å². The minimum atomic E-state index is -1.63. The summed E-state index contributed by atoms with van der Waals surface area (Å²) in [5.74, 6) is -10.0. The highest BCUT2D eigenvalue weighted by Gasteiger charge is 2.47. The molecule has 0 radical (unpaired) electrons. The van der Waals surface area contributed by atoms with Crippen LogP contribution in [-0.2, 0) is 52.7 Å². The zero-order valence-corrected chi connectivity index (χ0v) is 61.2. The number of nitrogens with zero attached hydrogens (tertiary/aromatic N) is 8. The van der Waals surface area contributed by atoms with Gasteiger partial charge in [0, 0.05) is 55.9 Å². The molecule has 24 heteroatoms. The Morgan fingerprint density at radius 1 is 0.457 bits per heavy atom. The first-order chi connectivity index (χ1) is 42.7. The summed E-state index contributed by atoms with van der Waals surface area (Å²) in [6.45, 7) is 35.5. The first kappa shape index (κ1) is 83.8. The topological polar surface area (TPSA) is 282 Å². The summed E-state index contributed by atoms with van der Waals surface area (Å²) in [5.41, 5.74) is 0. The first-order valence-electron chi connectivity index (χ1n) is 33.8. The minimum Gasteiger partial charge on any atom is -0.390 e. The Labute approximate surface area is 552 Å². The van der Waals surface area contributed by atoms with Crippen molar-refractivity contribution in [3.05, 3.63) is 12.2 Å². The van der Waals surface area contributed by atoms with E-state index in [0.29, 0.717) is 32.5 Å². The fourth-order valence-corrected chi connectivity index (χ4v) is 12.1. The van der Waals surface area contributed by atoms with Crippen LogP contribution < -0.4 is 21.3 Å². The molecule has 1 saturated heterocycles. The predicted octanol–water partition coefficient (Wildman–Crippen LogP) is 4.37. The van der Waals surface area contributed by atoms with Gasteiger partial charge in [0.05, 0.1) is 6.10 Å². The molecule has 11 amide bonds. The highest BCUT2D eigenvalue weighted by atomic mass is 16.3. The van der Waals surface area contributed by atoms with Crippen LogP contribution in [-0.4, -0.2) is 251 Å². The normalized spacial score (nSPS) is 26.9. The number of carbonyl (C=O) groups excluding carboxylic acids is 11. The molecule has 528 valence electrons. The lowest BCUT2D eigenvalue weighted by molar-refractivity contribution is -0.157. The molecule has 24 nitrogen and oxygen atoms in total. The van der Waals surface area contributed by atoms with Gasteiger partial charge in [-0.1, -0.05) is 129 Å². The molecule has 0 aliphatic carbocycles. The van der Waals surface area contributed by atoms with Crippen LogP contribution in [0.15, 0.2) is 12.2 Å². The van der Waals surface area contributed by atoms with Crippen LogP contribution in [0.1, 0.15) is 176 Å². The summed E-state index contributed by atoms with van der Waals surface area (Å²) in [6, 6.07) is -13.7. The molecule has 0 bridgehead atoms. The van der Waals surface area contributed by atoms with E-state index in [1.807, 2.05) is 75.3 Å². The van der Waals surface area contributed by atoms with Crippen molar-refractivity contribution in [3.63, 3.8) is 0 Å². The van der Waals surface area contributed by atoms with E-state index in [1.54, 1.807) is 54.5 Å². The third-order valence-corrected chi connectivity index (χ3v) is 18.4. The molecule has 1 fully saturated rings. The number of rotatable bonds is 20. The van der Waals surface area contributed by atoms with Gasteiger partial charge in [0.1, 0.15) is 66.5 Å². The van der Waals surface area contributed by atoms with Crippen molar-refractivity contribution in [1.82, 2.24) is 60.5 Å². The number of aliphatic hydroxyl groups is 1. The Bertz CT molecular complexity index is 2490. The zero-order valence-electron chi connectivity index (χ0n) is 61.2. The number of nitrogens with one attached hydrogen (secondary N) is 4. The van der Waals surface area contributed by atoms with Crippen molar-refractivity contribution >= 4 is 65.0 Å². The number of hydrogen-bond acceptors (Lipinski definition) is 13. The molecule has 14 atom stereocenters. The smallest absolute Gasteiger partial charge is 0.246 e. The fourth-order valence-electron chi connectivity index (χ4n) is 12.1. The molecule has 0 aromatic heterocycles. The van der Waals surface area contributed by atoms with E-state index in [0.717, 1.165) is 4.90 Å². The first-order valence-corrected chi connectivity index (χ1v) is 33.8. The molecular weight excluding hydrogens is 1180 g/mol. The third-order valence-electron chi connectivity index (χ3n) is 18.4. The number of likely N-dealkylation sites (N-methyl/N-ethyl adjacent to an activating group) is 7. The molecule has 0 spiro atoms. The number of hydrogen-bond donors (Lipinski definition) is 5. The second kappa shape index (κ2) is 38.9. The lowest BCUT2D eigenvalue weighted by Gasteiger charge is -2.41. The summed E-state index contributed by atoms with van der Waals surface area (Å²) in [5, 5.41) is 23.5. The Kier molecular flexibility index (Phi) is 35.4. The van der Waals surface area contributed by atoms with E-state index < -0.39 is 161 Å². The second-order valence-corrected chi connectivity index (χ2v) is 27.8. The van der Waals surface area contributed by atoms with Crippen LogP contribution in [0.5, 0.6) is 0 Å². The SMILES string of the molecule is CC=CC[C@@H](C)[C@@H](O)[C@H]1C(=O)N[C@@H](CC)C(=O)N(C)[C@H](CCN(CC)CC)C(=O)N(C)[C@@H](C(C)CC)C(=O)N[C@@H](C(C)C)C(=O)N(C)[C@@H](CC(C)C)C(=O)N[C@@H](C)C(=O)N[C@H](C)C(=O)N(C)[C@@H](CC(C)C)C(=O)N(C)[C@@H](CC(C)C)C(=O)N(C)[C@@H](C(C)C)C(=O)N1C. The van der Waals surface area contributed by atoms with Gasteiger partial charge in [0.25, 0.3) is 0 Å². The van der Waals surface area contributed by atoms with Gasteiger partial charge in [-0.3, -0.25) is 52.7 Å². The van der Waals surface area contributed by atoms with E-state index in [-0.39, 0.29) is 49.9 Å². The monoisotopic (exact) mass is 1300 g/mol. The average Bonchev–Trinajstić information content (AvgIpc) is 0.829. The predicted molar refractivity (Wildman–Crippen MR) is 360 cm³/mol. The number of carbonyl (C=O) groups is 11. The van der Waals surface area contributed by atoms with Gasteiger partial charge in [-0.2, -0.15) is 0 Å². The van der Waals surface area contributed by atoms with Crippen LogP contribution in [0.25, 0.3) is 0 Å². The van der Waals surface area contributed by atoms with Crippen LogP contribution in [0.2, 0.25) is 0 Å². The molecule has 0 aromatic rings. The summed E-state index contributed by atoms with van der Waals surface area (Å²) < 4.78 is 0. The van der Waals surface area contributed by atoms with E-state index in [1.165, 1.54) is 92.6 Å². The van der Waals surface area contributed by atoms with Crippen LogP contribution >= 0.6 is 0 Å². The maximum absolute atomic E-state index is 15.4. The molecule has 1 aliphatic rings. The highest BCUT2D eigenvalue weighted by molar-refractivity contribution is 6.00. The van der Waals surface area contributed by atoms with Gasteiger partial charge >= 0.3 is 0 Å². The Morgan fingerprint density at radius 3 is 1.34 bits per heavy atom. The largest absolute Gasteiger partial charge is 0.390 e. The number of allylic oxidation sites excluding steroid dienone is 2. The molecule has 0 saturated carbocycles. The lowest BCUT2D eigenvalue weighted by atomic mass is 9.91. The quantitative estimate of drug-likeness (QED) is 0.106. The Balaban J connectivity index is 4.56. The van der Waals surface area contributed by atoms with Crippen molar-refractivity contribution in [2.75, 3.05) is 69.0 Å². The molecular formula is C68H124N12O12. The van der Waals surface area contributed by atoms with Gasteiger partial charge in [0.15, 0.2) is 0 Å². The Hall–Kier alpha value is -6.17.